The fourth-order valence-corrected chi connectivity index (χ4v) is 8.40. The number of nitrogens with zero attached hydrogens (tertiary/aromatic N) is 2. The van der Waals surface area contributed by atoms with Gasteiger partial charge in [0.2, 0.25) is 0 Å². The first-order valence-electron chi connectivity index (χ1n) is 13.6. The number of rotatable bonds is 6. The number of hydrogen-bond acceptors (Lipinski definition) is 4. The minimum atomic E-state index is 0.0331. The van der Waals surface area contributed by atoms with E-state index in [4.69, 9.17) is 28.2 Å². The Bertz CT molecular complexity index is 1380. The molecule has 198 valence electrons. The third kappa shape index (κ3) is 4.67. The molecule has 0 unspecified atom stereocenters. The minimum Gasteiger partial charge on any atom is -0.507 e. The Balaban J connectivity index is 1.30. The normalized spacial score (nSPS) is 25.8. The van der Waals surface area contributed by atoms with Crippen molar-refractivity contribution in [3.8, 4) is 11.5 Å². The van der Waals surface area contributed by atoms with E-state index >= 15 is 0 Å². The van der Waals surface area contributed by atoms with Gasteiger partial charge in [0.05, 0.1) is 16.4 Å². The first-order valence-corrected chi connectivity index (χ1v) is 14.3. The molecule has 38 heavy (non-hydrogen) atoms. The highest BCUT2D eigenvalue weighted by Crippen LogP contribution is 2.62. The van der Waals surface area contributed by atoms with Gasteiger partial charge in [0, 0.05) is 41.5 Å². The lowest BCUT2D eigenvalue weighted by molar-refractivity contribution is -0.00616. The molecule has 2 N–H and O–H groups in total. The second-order valence-corrected chi connectivity index (χ2v) is 12.8. The predicted molar refractivity (Wildman–Crippen MR) is 157 cm³/mol. The van der Waals surface area contributed by atoms with Crippen molar-refractivity contribution in [3.05, 3.63) is 80.8 Å². The third-order valence-corrected chi connectivity index (χ3v) is 9.55. The van der Waals surface area contributed by atoms with Crippen molar-refractivity contribution in [3.63, 3.8) is 0 Å². The summed E-state index contributed by atoms with van der Waals surface area (Å²) < 4.78 is 0. The number of phenols is 2. The van der Waals surface area contributed by atoms with Crippen molar-refractivity contribution in [2.45, 2.75) is 57.4 Å². The van der Waals surface area contributed by atoms with Crippen LogP contribution in [0.3, 0.4) is 0 Å². The largest absolute Gasteiger partial charge is 0.507 e. The molecule has 0 aromatic heterocycles. The molecule has 4 fully saturated rings. The monoisotopic (exact) mass is 548 g/mol. The molecule has 4 saturated carbocycles. The molecule has 4 aliphatic rings. The molecule has 0 atom stereocenters. The van der Waals surface area contributed by atoms with E-state index in [1.54, 1.807) is 12.3 Å². The first kappa shape index (κ1) is 25.6. The maximum atomic E-state index is 11.6. The van der Waals surface area contributed by atoms with Gasteiger partial charge < -0.3 is 15.1 Å². The van der Waals surface area contributed by atoms with Crippen molar-refractivity contribution >= 4 is 40.8 Å². The first-order chi connectivity index (χ1) is 18.2. The van der Waals surface area contributed by atoms with Crippen LogP contribution in [0.25, 0.3) is 0 Å². The average molecular weight is 550 g/mol. The molecule has 7 rings (SSSR count). The van der Waals surface area contributed by atoms with Crippen LogP contribution in [0.5, 0.6) is 11.5 Å². The molecule has 0 spiro atoms. The van der Waals surface area contributed by atoms with Crippen LogP contribution in [-0.4, -0.2) is 23.5 Å². The van der Waals surface area contributed by atoms with Crippen LogP contribution >= 0.6 is 23.2 Å². The van der Waals surface area contributed by atoms with E-state index in [0.717, 1.165) is 45.8 Å². The number of halogens is 2. The van der Waals surface area contributed by atoms with Gasteiger partial charge in [-0.2, -0.15) is 0 Å². The van der Waals surface area contributed by atoms with Crippen molar-refractivity contribution in [2.75, 3.05) is 11.9 Å². The molecule has 4 aliphatic carbocycles. The second-order valence-electron chi connectivity index (χ2n) is 11.9. The lowest BCUT2D eigenvalue weighted by atomic mass is 9.48. The van der Waals surface area contributed by atoms with Crippen molar-refractivity contribution < 1.29 is 10.2 Å². The lowest BCUT2D eigenvalue weighted by Crippen LogP contribution is -2.48. The topological polar surface area (TPSA) is 56.1 Å². The van der Waals surface area contributed by atoms with Gasteiger partial charge in [-0.05, 0) is 105 Å². The lowest BCUT2D eigenvalue weighted by Gasteiger charge is -2.57. The Kier molecular flexibility index (Phi) is 6.60. The Morgan fingerprint density at radius 2 is 1.61 bits per heavy atom. The van der Waals surface area contributed by atoms with Gasteiger partial charge in [-0.1, -0.05) is 41.4 Å². The van der Waals surface area contributed by atoms with Gasteiger partial charge in [0.25, 0.3) is 0 Å². The van der Waals surface area contributed by atoms with Crippen LogP contribution in [0.4, 0.5) is 11.4 Å². The summed E-state index contributed by atoms with van der Waals surface area (Å²) >= 11 is 12.3. The SMILES string of the molecule is Cc1cc(C=Nc2ccccc2N(C)Cc2cc(Cl)cc(Cl)c2O)c(O)c(C23CC4CC(CC(C4)C2)C3)c1. The van der Waals surface area contributed by atoms with E-state index in [-0.39, 0.29) is 16.2 Å². The standard InChI is InChI=1S/C32H34Cl2N2O2/c1-19-7-23(30(37)26(8-19)32-14-20-9-21(15-32)11-22(10-20)16-32)17-35-28-5-3-4-6-29(28)36(2)18-24-12-25(33)13-27(34)31(24)38/h3-8,12-13,17,20-22,37-38H,9-11,14-16,18H2,1-2H3. The molecule has 3 aromatic rings. The Morgan fingerprint density at radius 3 is 2.29 bits per heavy atom. The number of hydrogen-bond donors (Lipinski definition) is 2. The van der Waals surface area contributed by atoms with E-state index < -0.39 is 0 Å². The van der Waals surface area contributed by atoms with Crippen molar-refractivity contribution in [1.29, 1.82) is 0 Å². The fraction of sp³-hybridized carbons (Fsp3) is 0.406. The van der Waals surface area contributed by atoms with Crippen LogP contribution in [-0.2, 0) is 12.0 Å². The van der Waals surface area contributed by atoms with Gasteiger partial charge in [-0.25, -0.2) is 0 Å². The zero-order valence-electron chi connectivity index (χ0n) is 21.9. The highest BCUT2D eigenvalue weighted by Gasteiger charge is 2.52. The molecule has 0 amide bonds. The van der Waals surface area contributed by atoms with E-state index in [0.29, 0.717) is 22.9 Å². The van der Waals surface area contributed by atoms with Gasteiger partial charge in [0.15, 0.2) is 0 Å². The molecule has 3 aromatic carbocycles. The summed E-state index contributed by atoms with van der Waals surface area (Å²) in [7, 11) is 1.94. The molecule has 0 heterocycles. The van der Waals surface area contributed by atoms with Crippen LogP contribution in [0.2, 0.25) is 10.0 Å². The Labute approximate surface area is 234 Å². The molecule has 0 saturated heterocycles. The van der Waals surface area contributed by atoms with Crippen LogP contribution < -0.4 is 4.90 Å². The number of phenolic OH excluding ortho intramolecular Hbond substituents is 2. The molecule has 4 nitrogen and oxygen atoms in total. The van der Waals surface area contributed by atoms with E-state index in [1.165, 1.54) is 44.6 Å². The number of anilines is 1. The quantitative estimate of drug-likeness (QED) is 0.303. The molecular weight excluding hydrogens is 515 g/mol. The third-order valence-electron chi connectivity index (χ3n) is 9.04. The maximum absolute atomic E-state index is 11.6. The summed E-state index contributed by atoms with van der Waals surface area (Å²) in [5.74, 6) is 2.87. The smallest absolute Gasteiger partial charge is 0.139 e. The zero-order chi connectivity index (χ0) is 26.6. The van der Waals surface area contributed by atoms with Crippen molar-refractivity contribution in [1.82, 2.24) is 0 Å². The molecular formula is C32H34Cl2N2O2. The summed E-state index contributed by atoms with van der Waals surface area (Å²) in [6, 6.07) is 15.4. The molecule has 0 radical (unpaired) electrons. The molecule has 4 bridgehead atoms. The van der Waals surface area contributed by atoms with Gasteiger partial charge >= 0.3 is 0 Å². The Hall–Kier alpha value is -2.69. The number of para-hydroxylation sites is 2. The number of aryl methyl sites for hydroxylation is 1. The van der Waals surface area contributed by atoms with E-state index in [9.17, 15) is 10.2 Å². The number of benzene rings is 3. The predicted octanol–water partition coefficient (Wildman–Crippen LogP) is 8.57. The van der Waals surface area contributed by atoms with Crippen LogP contribution in [0.15, 0.2) is 53.5 Å². The van der Waals surface area contributed by atoms with Gasteiger partial charge in [-0.15, -0.1) is 0 Å². The van der Waals surface area contributed by atoms with E-state index in [1.807, 2.05) is 42.3 Å². The summed E-state index contributed by atoms with van der Waals surface area (Å²) in [5, 5.41) is 22.7. The highest BCUT2D eigenvalue weighted by molar-refractivity contribution is 6.35. The summed E-state index contributed by atoms with van der Waals surface area (Å²) in [6.07, 6.45) is 9.56. The van der Waals surface area contributed by atoms with Gasteiger partial charge in [-0.3, -0.25) is 4.99 Å². The average Bonchev–Trinajstić information content (AvgIpc) is 2.86. The summed E-state index contributed by atoms with van der Waals surface area (Å²) in [5.41, 5.74) is 5.50. The second kappa shape index (κ2) is 9.81. The number of aliphatic imine (C=N–C) groups is 1. The Morgan fingerprint density at radius 1 is 0.947 bits per heavy atom. The van der Waals surface area contributed by atoms with E-state index in [2.05, 4.69) is 13.0 Å². The number of aromatic hydroxyl groups is 2. The fourth-order valence-electron chi connectivity index (χ4n) is 7.87. The maximum Gasteiger partial charge on any atom is 0.139 e. The molecule has 6 heteroatoms. The van der Waals surface area contributed by atoms with Gasteiger partial charge in [0.1, 0.15) is 11.5 Å². The van der Waals surface area contributed by atoms with Crippen LogP contribution in [0, 0.1) is 24.7 Å². The van der Waals surface area contributed by atoms with Crippen molar-refractivity contribution in [2.24, 2.45) is 22.7 Å². The van der Waals surface area contributed by atoms with Crippen LogP contribution in [0.1, 0.15) is 60.8 Å². The zero-order valence-corrected chi connectivity index (χ0v) is 23.4. The summed E-state index contributed by atoms with van der Waals surface area (Å²) in [4.78, 5) is 6.85. The summed E-state index contributed by atoms with van der Waals surface area (Å²) in [6.45, 7) is 2.52. The highest BCUT2D eigenvalue weighted by atomic mass is 35.5. The molecule has 0 aliphatic heterocycles. The minimum absolute atomic E-state index is 0.0331.